The van der Waals surface area contributed by atoms with Gasteiger partial charge in [-0.2, -0.15) is 10.1 Å². The molecule has 3 N–H and O–H groups in total. The first-order valence-corrected chi connectivity index (χ1v) is 6.97. The zero-order chi connectivity index (χ0) is 16.0. The molecule has 4 rings (SSSR count). The number of nitrogens with one attached hydrogen (secondary N) is 1. The van der Waals surface area contributed by atoms with E-state index in [1.807, 2.05) is 30.3 Å². The fraction of sp³-hybridized carbons (Fsp3) is 0.0625. The van der Waals surface area contributed by atoms with Crippen molar-refractivity contribution in [1.82, 2.24) is 14.8 Å². The van der Waals surface area contributed by atoms with E-state index < -0.39 is 12.0 Å². The number of allylic oxidation sites excluding steroid dienone is 1. The van der Waals surface area contributed by atoms with Crippen LogP contribution in [0.15, 0.2) is 54.5 Å². The topological polar surface area (TPSA) is 100 Å². The van der Waals surface area contributed by atoms with Gasteiger partial charge in [-0.3, -0.25) is 0 Å². The number of phenolic OH excluding ortho intramolecular Hbond substituents is 1. The number of anilines is 1. The van der Waals surface area contributed by atoms with Gasteiger partial charge < -0.3 is 15.5 Å². The zero-order valence-corrected chi connectivity index (χ0v) is 11.8. The molecule has 1 aliphatic heterocycles. The Labute approximate surface area is 130 Å². The van der Waals surface area contributed by atoms with E-state index in [2.05, 4.69) is 15.4 Å². The van der Waals surface area contributed by atoms with E-state index in [0.717, 1.165) is 10.8 Å². The van der Waals surface area contributed by atoms with Gasteiger partial charge in [0.2, 0.25) is 5.95 Å². The van der Waals surface area contributed by atoms with Crippen LogP contribution in [0.5, 0.6) is 5.75 Å². The van der Waals surface area contributed by atoms with E-state index >= 15 is 0 Å². The Bertz CT molecular complexity index is 961. The average Bonchev–Trinajstić information content (AvgIpc) is 3.02. The highest BCUT2D eigenvalue weighted by molar-refractivity contribution is 5.92. The molecule has 1 aromatic heterocycles. The smallest absolute Gasteiger partial charge is 0.352 e. The summed E-state index contributed by atoms with van der Waals surface area (Å²) in [7, 11) is 0. The molecule has 2 aromatic carbocycles. The largest absolute Gasteiger partial charge is 0.508 e. The molecule has 1 unspecified atom stereocenters. The standard InChI is InChI=1S/C16H12N4O3/c21-13-6-5-9-3-1-2-4-10(9)14(13)12-7-11(15(22)23)19-16-17-8-18-20(12)16/h1-8,12,21H,(H,22,23)(H,17,18,19). The second-order valence-electron chi connectivity index (χ2n) is 5.20. The predicted octanol–water partition coefficient (Wildman–Crippen LogP) is 2.12. The molecular formula is C16H12N4O3. The highest BCUT2D eigenvalue weighted by atomic mass is 16.4. The van der Waals surface area contributed by atoms with Crippen LogP contribution in [0.1, 0.15) is 11.6 Å². The van der Waals surface area contributed by atoms with Gasteiger partial charge >= 0.3 is 5.97 Å². The molecule has 7 nitrogen and oxygen atoms in total. The van der Waals surface area contributed by atoms with Gasteiger partial charge in [-0.05, 0) is 22.9 Å². The molecule has 0 radical (unpaired) electrons. The minimum absolute atomic E-state index is 0.00262. The summed E-state index contributed by atoms with van der Waals surface area (Å²) in [6.07, 6.45) is 2.86. The minimum atomic E-state index is -1.09. The van der Waals surface area contributed by atoms with E-state index in [9.17, 15) is 15.0 Å². The van der Waals surface area contributed by atoms with E-state index in [1.54, 1.807) is 10.7 Å². The summed E-state index contributed by atoms with van der Waals surface area (Å²) in [6, 6.07) is 10.5. The fourth-order valence-corrected chi connectivity index (χ4v) is 2.86. The summed E-state index contributed by atoms with van der Waals surface area (Å²) >= 11 is 0. The highest BCUT2D eigenvalue weighted by Crippen LogP contribution is 2.38. The maximum absolute atomic E-state index is 11.4. The first kappa shape index (κ1) is 13.3. The number of carboxylic acid groups (broad SMARTS) is 1. The van der Waals surface area contributed by atoms with Gasteiger partial charge in [0.05, 0.1) is 0 Å². The predicted molar refractivity (Wildman–Crippen MR) is 83.1 cm³/mol. The van der Waals surface area contributed by atoms with Crippen LogP contribution in [0.3, 0.4) is 0 Å². The molecule has 0 fully saturated rings. The summed E-state index contributed by atoms with van der Waals surface area (Å²) in [6.45, 7) is 0. The second-order valence-corrected chi connectivity index (χ2v) is 5.20. The van der Waals surface area contributed by atoms with Crippen LogP contribution < -0.4 is 5.32 Å². The van der Waals surface area contributed by atoms with Gasteiger partial charge in [0.25, 0.3) is 0 Å². The van der Waals surface area contributed by atoms with Crippen LogP contribution >= 0.6 is 0 Å². The van der Waals surface area contributed by atoms with E-state index in [4.69, 9.17) is 0 Å². The molecular weight excluding hydrogens is 296 g/mol. The lowest BCUT2D eigenvalue weighted by Crippen LogP contribution is -2.24. The van der Waals surface area contributed by atoms with E-state index in [-0.39, 0.29) is 11.4 Å². The molecule has 1 atom stereocenters. The molecule has 0 amide bonds. The Morgan fingerprint density at radius 3 is 2.87 bits per heavy atom. The third-order valence-corrected chi connectivity index (χ3v) is 3.88. The SMILES string of the molecule is O=C(O)C1=CC(c2c(O)ccc3ccccc23)n2ncnc2N1. The summed E-state index contributed by atoms with van der Waals surface area (Å²) < 4.78 is 1.55. The number of benzene rings is 2. The lowest BCUT2D eigenvalue weighted by Gasteiger charge is -2.24. The zero-order valence-electron chi connectivity index (χ0n) is 11.8. The lowest BCUT2D eigenvalue weighted by atomic mass is 9.96. The summed E-state index contributed by atoms with van der Waals surface area (Å²) in [5, 5.41) is 28.3. The van der Waals surface area contributed by atoms with Crippen molar-refractivity contribution in [2.24, 2.45) is 0 Å². The summed E-state index contributed by atoms with van der Waals surface area (Å²) in [5.41, 5.74) is 0.595. The summed E-state index contributed by atoms with van der Waals surface area (Å²) in [5.74, 6) is -0.691. The number of phenols is 1. The monoisotopic (exact) mass is 308 g/mol. The van der Waals surface area contributed by atoms with Crippen molar-refractivity contribution in [2.45, 2.75) is 6.04 Å². The number of carboxylic acids is 1. The Kier molecular flexibility index (Phi) is 2.80. The molecule has 7 heteroatoms. The van der Waals surface area contributed by atoms with Crippen molar-refractivity contribution in [2.75, 3.05) is 5.32 Å². The number of rotatable bonds is 2. The quantitative estimate of drug-likeness (QED) is 0.670. The Morgan fingerprint density at radius 2 is 2.04 bits per heavy atom. The number of carbonyl (C=O) groups is 1. The van der Waals surface area contributed by atoms with Gasteiger partial charge in [-0.25, -0.2) is 9.48 Å². The van der Waals surface area contributed by atoms with Gasteiger partial charge in [0.1, 0.15) is 23.8 Å². The second kappa shape index (κ2) is 4.84. The van der Waals surface area contributed by atoms with Gasteiger partial charge in [-0.1, -0.05) is 30.3 Å². The first-order valence-electron chi connectivity index (χ1n) is 6.97. The molecule has 3 aromatic rings. The molecule has 0 aliphatic carbocycles. The Hall–Kier alpha value is -3.35. The number of aliphatic carboxylic acids is 1. The molecule has 0 saturated carbocycles. The lowest BCUT2D eigenvalue weighted by molar-refractivity contribution is -0.132. The first-order chi connectivity index (χ1) is 11.1. The maximum Gasteiger partial charge on any atom is 0.352 e. The number of aromatic hydroxyl groups is 1. The third-order valence-electron chi connectivity index (χ3n) is 3.88. The number of fused-ring (bicyclic) bond motifs is 2. The third kappa shape index (κ3) is 2.02. The van der Waals surface area contributed by atoms with Crippen molar-refractivity contribution in [1.29, 1.82) is 0 Å². The highest BCUT2D eigenvalue weighted by Gasteiger charge is 2.28. The number of hydrogen-bond acceptors (Lipinski definition) is 5. The molecule has 1 aliphatic rings. The van der Waals surface area contributed by atoms with Crippen molar-refractivity contribution < 1.29 is 15.0 Å². The van der Waals surface area contributed by atoms with Crippen molar-refractivity contribution in [3.05, 3.63) is 60.1 Å². The van der Waals surface area contributed by atoms with E-state index in [0.29, 0.717) is 11.5 Å². The minimum Gasteiger partial charge on any atom is -0.508 e. The van der Waals surface area contributed by atoms with Gasteiger partial charge in [0, 0.05) is 5.56 Å². The normalized spacial score (nSPS) is 16.5. The molecule has 2 heterocycles. The number of aromatic nitrogens is 3. The van der Waals surface area contributed by atoms with Crippen LogP contribution in [0.4, 0.5) is 5.95 Å². The molecule has 23 heavy (non-hydrogen) atoms. The van der Waals surface area contributed by atoms with E-state index in [1.165, 1.54) is 12.4 Å². The maximum atomic E-state index is 11.4. The fourth-order valence-electron chi connectivity index (χ4n) is 2.86. The van der Waals surface area contributed by atoms with Gasteiger partial charge in [0.15, 0.2) is 0 Å². The molecule has 0 bridgehead atoms. The molecule has 0 spiro atoms. The molecule has 0 saturated heterocycles. The average molecular weight is 308 g/mol. The Morgan fingerprint density at radius 1 is 1.22 bits per heavy atom. The Balaban J connectivity index is 2.01. The number of nitrogens with zero attached hydrogens (tertiary/aromatic N) is 3. The van der Waals surface area contributed by atoms with Crippen LogP contribution in [0.2, 0.25) is 0 Å². The van der Waals surface area contributed by atoms with Crippen LogP contribution in [-0.2, 0) is 4.79 Å². The van der Waals surface area contributed by atoms with Crippen LogP contribution in [0.25, 0.3) is 10.8 Å². The number of hydrogen-bond donors (Lipinski definition) is 3. The van der Waals surface area contributed by atoms with Crippen LogP contribution in [-0.4, -0.2) is 30.9 Å². The van der Waals surface area contributed by atoms with Crippen LogP contribution in [0, 0.1) is 0 Å². The van der Waals surface area contributed by atoms with Crippen molar-refractivity contribution in [3.8, 4) is 5.75 Å². The van der Waals surface area contributed by atoms with Crippen molar-refractivity contribution in [3.63, 3.8) is 0 Å². The molecule has 114 valence electrons. The van der Waals surface area contributed by atoms with Gasteiger partial charge in [-0.15, -0.1) is 0 Å². The summed E-state index contributed by atoms with van der Waals surface area (Å²) in [4.78, 5) is 15.4. The van der Waals surface area contributed by atoms with Crippen molar-refractivity contribution >= 4 is 22.7 Å².